The molecule has 1 N–H and O–H groups in total. The Kier molecular flexibility index (Phi) is 0.893. The maximum Gasteiger partial charge on any atom is 0.211 e. The number of hydrogen-bond acceptors (Lipinski definition) is 4. The quantitative estimate of drug-likeness (QED) is 0.471. The van der Waals surface area contributed by atoms with Gasteiger partial charge in [-0.05, 0) is 6.05 Å². The maximum atomic E-state index is 10.2. The van der Waals surface area contributed by atoms with E-state index in [9.17, 15) is 9.90 Å². The van der Waals surface area contributed by atoms with Crippen LogP contribution in [0.25, 0.3) is 0 Å². The molecule has 0 aliphatic carbocycles. The molecule has 1 aliphatic heterocycles. The Bertz CT molecular complexity index is 203. The van der Waals surface area contributed by atoms with Gasteiger partial charge < -0.3 is 19.7 Å². The lowest BCUT2D eigenvalue weighted by Crippen LogP contribution is -2.41. The minimum Gasteiger partial charge on any atom is -0.546 e. The van der Waals surface area contributed by atoms with Crippen LogP contribution < -0.4 is 5.11 Å². The van der Waals surface area contributed by atoms with E-state index in [0.717, 1.165) is 6.26 Å². The van der Waals surface area contributed by atoms with Crippen molar-refractivity contribution in [1.82, 2.24) is 0 Å². The SMILES string of the molecule is [2H]OC1C([2H])=COC1C(=O)[O-]. The molecule has 1 aliphatic rings. The lowest BCUT2D eigenvalue weighted by atomic mass is 10.2. The van der Waals surface area contributed by atoms with Gasteiger partial charge >= 0.3 is 0 Å². The van der Waals surface area contributed by atoms with E-state index in [1.807, 2.05) is 0 Å². The number of aliphatic hydroxyl groups is 1. The number of carboxylic acid groups (broad SMARTS) is 1. The molecule has 9 heavy (non-hydrogen) atoms. The van der Waals surface area contributed by atoms with Gasteiger partial charge in [0.25, 0.3) is 0 Å². The van der Waals surface area contributed by atoms with E-state index in [4.69, 9.17) is 2.80 Å². The van der Waals surface area contributed by atoms with Crippen molar-refractivity contribution in [3.8, 4) is 0 Å². The summed E-state index contributed by atoms with van der Waals surface area (Å²) in [6.45, 7) is 0. The first-order valence-corrected chi connectivity index (χ1v) is 2.31. The molecule has 50 valence electrons. The van der Waals surface area contributed by atoms with Crippen LogP contribution in [0.2, 0.25) is 0 Å². The fraction of sp³-hybridized carbons (Fsp3) is 0.400. The van der Waals surface area contributed by atoms with Crippen molar-refractivity contribution in [1.29, 1.82) is 1.43 Å². The van der Waals surface area contributed by atoms with Gasteiger partial charge in [0.2, 0.25) is 1.43 Å². The first-order valence-electron chi connectivity index (χ1n) is 3.22. The lowest BCUT2D eigenvalue weighted by Gasteiger charge is -2.13. The summed E-state index contributed by atoms with van der Waals surface area (Å²) in [7, 11) is 0. The molecular weight excluding hydrogens is 124 g/mol. The van der Waals surface area contributed by atoms with Crippen LogP contribution in [-0.4, -0.2) is 24.7 Å². The van der Waals surface area contributed by atoms with E-state index < -0.39 is 18.2 Å². The van der Waals surface area contributed by atoms with Gasteiger partial charge in [-0.2, -0.15) is 0 Å². The predicted molar refractivity (Wildman–Crippen MR) is 25.0 cm³/mol. The highest BCUT2D eigenvalue weighted by Gasteiger charge is 2.22. The molecule has 0 aromatic heterocycles. The Morgan fingerprint density at radius 1 is 2.11 bits per heavy atom. The fourth-order valence-corrected chi connectivity index (χ4v) is 0.518. The molecule has 0 aromatic rings. The van der Waals surface area contributed by atoms with Crippen LogP contribution in [-0.2, 0) is 9.53 Å². The van der Waals surface area contributed by atoms with Crippen LogP contribution >= 0.6 is 0 Å². The molecule has 1 rings (SSSR count). The van der Waals surface area contributed by atoms with Crippen LogP contribution in [0, 0.1) is 0 Å². The number of aliphatic hydroxyl groups excluding tert-OH is 1. The zero-order chi connectivity index (χ0) is 8.43. The number of carbonyl (C=O) groups is 1. The summed E-state index contributed by atoms with van der Waals surface area (Å²) in [5.41, 5.74) is 0. The summed E-state index contributed by atoms with van der Waals surface area (Å²) in [5, 5.41) is 14.1. The van der Waals surface area contributed by atoms with E-state index in [-0.39, 0.29) is 6.05 Å². The normalized spacial score (nSPS) is 36.2. The molecule has 0 saturated carbocycles. The van der Waals surface area contributed by atoms with Crippen molar-refractivity contribution in [3.05, 3.63) is 12.3 Å². The van der Waals surface area contributed by atoms with Crippen molar-refractivity contribution in [2.75, 3.05) is 0 Å². The molecule has 4 nitrogen and oxygen atoms in total. The first-order chi connectivity index (χ1) is 5.16. The highest BCUT2D eigenvalue weighted by atomic mass is 16.5. The number of ether oxygens (including phenoxy) is 1. The molecule has 2 atom stereocenters. The van der Waals surface area contributed by atoms with Crippen LogP contribution in [0.4, 0.5) is 0 Å². The average Bonchev–Trinajstić information content (AvgIpc) is 2.30. The Labute approximate surface area is 54.3 Å². The van der Waals surface area contributed by atoms with E-state index in [1.165, 1.54) is 0 Å². The molecule has 0 aromatic carbocycles. The van der Waals surface area contributed by atoms with Gasteiger partial charge in [-0.15, -0.1) is 0 Å². The summed E-state index contributed by atoms with van der Waals surface area (Å²) in [5.74, 6) is -1.49. The molecule has 0 radical (unpaired) electrons. The monoisotopic (exact) mass is 131 g/mol. The highest BCUT2D eigenvalue weighted by Crippen LogP contribution is 2.08. The summed E-state index contributed by atoms with van der Waals surface area (Å²) < 4.78 is 17.9. The van der Waals surface area contributed by atoms with E-state index in [0.29, 0.717) is 0 Å². The van der Waals surface area contributed by atoms with Crippen molar-refractivity contribution in [2.45, 2.75) is 12.2 Å². The minimum absolute atomic E-state index is 0.172. The molecule has 2 unspecified atom stereocenters. The summed E-state index contributed by atoms with van der Waals surface area (Å²) in [6.07, 6.45) is -1.60. The summed E-state index contributed by atoms with van der Waals surface area (Å²) >= 11 is 0. The predicted octanol–water partition coefficient (Wildman–Crippen LogP) is -1.99. The second-order valence-electron chi connectivity index (χ2n) is 1.58. The molecular formula is C5H5O4-. The van der Waals surface area contributed by atoms with Crippen LogP contribution in [0.1, 0.15) is 1.37 Å². The van der Waals surface area contributed by atoms with E-state index >= 15 is 0 Å². The number of aliphatic carboxylic acids is 1. The van der Waals surface area contributed by atoms with Gasteiger partial charge in [-0.1, -0.05) is 0 Å². The van der Waals surface area contributed by atoms with Crippen molar-refractivity contribution >= 4 is 5.97 Å². The Hall–Kier alpha value is -1.03. The Morgan fingerprint density at radius 3 is 3.33 bits per heavy atom. The van der Waals surface area contributed by atoms with Crippen LogP contribution in [0.5, 0.6) is 0 Å². The largest absolute Gasteiger partial charge is 0.546 e. The van der Waals surface area contributed by atoms with Gasteiger partial charge in [0.05, 0.1) is 13.6 Å². The minimum atomic E-state index is -1.49. The molecule has 0 spiro atoms. The maximum absolute atomic E-state index is 10.2. The first kappa shape index (κ1) is 3.90. The van der Waals surface area contributed by atoms with Crippen LogP contribution in [0.15, 0.2) is 12.3 Å². The Balaban J connectivity index is 2.68. The second kappa shape index (κ2) is 2.06. The summed E-state index contributed by atoms with van der Waals surface area (Å²) in [4.78, 5) is 10.2. The number of rotatable bonds is 2. The fourth-order valence-electron chi connectivity index (χ4n) is 0.518. The number of carboxylic acids is 1. The second-order valence-corrected chi connectivity index (χ2v) is 1.58. The topological polar surface area (TPSA) is 69.6 Å². The lowest BCUT2D eigenvalue weighted by molar-refractivity contribution is -0.316. The van der Waals surface area contributed by atoms with Gasteiger partial charge in [0.15, 0.2) is 6.10 Å². The van der Waals surface area contributed by atoms with Crippen molar-refractivity contribution in [2.24, 2.45) is 0 Å². The third kappa shape index (κ3) is 1.02. The van der Waals surface area contributed by atoms with Crippen molar-refractivity contribution < 1.29 is 21.1 Å². The molecule has 1 heterocycles. The van der Waals surface area contributed by atoms with E-state index in [1.54, 1.807) is 0 Å². The third-order valence-corrected chi connectivity index (χ3v) is 0.954. The molecule has 0 fully saturated rings. The molecule has 4 heteroatoms. The van der Waals surface area contributed by atoms with Gasteiger partial charge in [-0.25, -0.2) is 0 Å². The van der Waals surface area contributed by atoms with Gasteiger partial charge in [0, 0.05) is 0 Å². The van der Waals surface area contributed by atoms with Gasteiger partial charge in [-0.3, -0.25) is 0 Å². The van der Waals surface area contributed by atoms with Crippen molar-refractivity contribution in [3.63, 3.8) is 0 Å². The molecule has 0 saturated heterocycles. The van der Waals surface area contributed by atoms with Gasteiger partial charge in [0.1, 0.15) is 6.10 Å². The zero-order valence-electron chi connectivity index (χ0n) is 6.37. The molecule has 0 bridgehead atoms. The molecule has 0 amide bonds. The number of carbonyl (C=O) groups excluding carboxylic acids is 1. The van der Waals surface area contributed by atoms with E-state index in [2.05, 4.69) is 9.85 Å². The summed E-state index contributed by atoms with van der Waals surface area (Å²) in [6, 6.07) is -0.172. The Morgan fingerprint density at radius 2 is 2.89 bits per heavy atom. The number of hydrogen-bond donors (Lipinski definition) is 1. The average molecular weight is 131 g/mol. The third-order valence-electron chi connectivity index (χ3n) is 0.954. The smallest absolute Gasteiger partial charge is 0.211 e. The van der Waals surface area contributed by atoms with Crippen LogP contribution in [0.3, 0.4) is 0 Å². The standard InChI is InChI=1S/C5H6O4/c6-3-1-2-9-4(3)5(7)8/h1-4,6H,(H,7,8)/p-1/i1D,6D. The zero-order valence-corrected chi connectivity index (χ0v) is 4.37. The highest BCUT2D eigenvalue weighted by molar-refractivity contribution is 5.71.